The average molecular weight is 439 g/mol. The zero-order valence-electron chi connectivity index (χ0n) is 18.0. The van der Waals surface area contributed by atoms with Crippen molar-refractivity contribution >= 4 is 22.8 Å². The standard InChI is InChI=1S/C22H25N5O5/c1-21(2,3)12-4-6-13(7-5-12)31-11-15(28)24-14-8-9-23-20-17(14)25-26-27(20)16-10-22(30)18(29)19(22)32-16/h4-9,16,18-19,29-30H,10-11H2,1-3H3,(H,23,24,28)/t16-,18?,19-,22-/m1/s1. The highest BCUT2D eigenvalue weighted by Gasteiger charge is 2.71. The number of aromatic nitrogens is 4. The lowest BCUT2D eigenvalue weighted by molar-refractivity contribution is -0.118. The van der Waals surface area contributed by atoms with Gasteiger partial charge in [-0.1, -0.05) is 38.1 Å². The second-order valence-corrected chi connectivity index (χ2v) is 9.33. The summed E-state index contributed by atoms with van der Waals surface area (Å²) in [5.74, 6) is 0.263. The van der Waals surface area contributed by atoms with Crippen molar-refractivity contribution in [2.45, 2.75) is 56.6 Å². The summed E-state index contributed by atoms with van der Waals surface area (Å²) in [4.78, 5) is 16.7. The van der Waals surface area contributed by atoms with Crippen LogP contribution in [0, 0.1) is 0 Å². The maximum absolute atomic E-state index is 12.4. The number of aliphatic hydroxyl groups is 2. The molecule has 2 fully saturated rings. The molecule has 1 aliphatic heterocycles. The SMILES string of the molecule is CC(C)(C)c1ccc(OCC(=O)Nc2ccnc3c2nnn3[C@H]2C[C@@]3(O)C(O)[C@H]3O2)cc1. The average Bonchev–Trinajstić information content (AvgIpc) is 3.12. The van der Waals surface area contributed by atoms with Gasteiger partial charge < -0.3 is 25.0 Å². The Bertz CT molecular complexity index is 1170. The summed E-state index contributed by atoms with van der Waals surface area (Å²) in [7, 11) is 0. The summed E-state index contributed by atoms with van der Waals surface area (Å²) < 4.78 is 12.7. The monoisotopic (exact) mass is 439 g/mol. The Kier molecular flexibility index (Phi) is 4.70. The lowest BCUT2D eigenvalue weighted by Crippen LogP contribution is -2.21. The first kappa shape index (κ1) is 20.8. The zero-order valence-corrected chi connectivity index (χ0v) is 18.0. The van der Waals surface area contributed by atoms with Crippen molar-refractivity contribution < 1.29 is 24.5 Å². The van der Waals surface area contributed by atoms with Crippen LogP contribution in [-0.2, 0) is 14.9 Å². The highest BCUT2D eigenvalue weighted by Crippen LogP contribution is 2.53. The molecule has 1 saturated heterocycles. The second-order valence-electron chi connectivity index (χ2n) is 9.33. The fourth-order valence-corrected chi connectivity index (χ4v) is 3.97. The van der Waals surface area contributed by atoms with Gasteiger partial charge in [-0.3, -0.25) is 4.79 Å². The molecule has 2 aliphatic rings. The van der Waals surface area contributed by atoms with Crippen LogP contribution in [0.5, 0.6) is 5.75 Å². The van der Waals surface area contributed by atoms with E-state index in [0.29, 0.717) is 22.6 Å². The largest absolute Gasteiger partial charge is 0.484 e. The smallest absolute Gasteiger partial charge is 0.262 e. The molecule has 3 N–H and O–H groups in total. The van der Waals surface area contributed by atoms with Gasteiger partial charge in [-0.05, 0) is 29.2 Å². The molecule has 3 aromatic rings. The Labute approximate surface area is 184 Å². The number of carbonyl (C=O) groups is 1. The minimum atomic E-state index is -1.24. The lowest BCUT2D eigenvalue weighted by Gasteiger charge is -2.19. The maximum Gasteiger partial charge on any atom is 0.262 e. The van der Waals surface area contributed by atoms with Crippen LogP contribution in [0.25, 0.3) is 11.2 Å². The first-order chi connectivity index (χ1) is 15.2. The normalized spacial score (nSPS) is 26.7. The predicted octanol–water partition coefficient (Wildman–Crippen LogP) is 1.53. The molecule has 0 radical (unpaired) electrons. The molecule has 32 heavy (non-hydrogen) atoms. The summed E-state index contributed by atoms with van der Waals surface area (Å²) in [5, 5.41) is 30.9. The third-order valence-corrected chi connectivity index (χ3v) is 5.99. The number of pyridine rings is 1. The van der Waals surface area contributed by atoms with E-state index in [1.807, 2.05) is 24.3 Å². The minimum Gasteiger partial charge on any atom is -0.484 e. The fraction of sp³-hybridized carbons (Fsp3) is 0.455. The van der Waals surface area contributed by atoms with E-state index in [1.165, 1.54) is 16.4 Å². The molecule has 1 saturated carbocycles. The number of hydrogen-bond acceptors (Lipinski definition) is 8. The van der Waals surface area contributed by atoms with Crippen molar-refractivity contribution in [3.8, 4) is 5.75 Å². The van der Waals surface area contributed by atoms with Crippen molar-refractivity contribution in [3.63, 3.8) is 0 Å². The van der Waals surface area contributed by atoms with Crippen molar-refractivity contribution in [3.05, 3.63) is 42.1 Å². The second kappa shape index (κ2) is 7.22. The van der Waals surface area contributed by atoms with Crippen molar-refractivity contribution in [2.75, 3.05) is 11.9 Å². The van der Waals surface area contributed by atoms with E-state index in [0.717, 1.165) is 0 Å². The molecular formula is C22H25N5O5. The fourth-order valence-electron chi connectivity index (χ4n) is 3.97. The summed E-state index contributed by atoms with van der Waals surface area (Å²) in [6.45, 7) is 6.24. The first-order valence-corrected chi connectivity index (χ1v) is 10.5. The van der Waals surface area contributed by atoms with E-state index >= 15 is 0 Å². The number of ether oxygens (including phenoxy) is 2. The Balaban J connectivity index is 1.25. The number of aliphatic hydroxyl groups excluding tert-OH is 1. The Hall–Kier alpha value is -3.08. The number of amides is 1. The van der Waals surface area contributed by atoms with Gasteiger partial charge in [-0.15, -0.1) is 5.10 Å². The van der Waals surface area contributed by atoms with Crippen molar-refractivity contribution in [1.29, 1.82) is 0 Å². The van der Waals surface area contributed by atoms with Crippen LogP contribution in [0.3, 0.4) is 0 Å². The van der Waals surface area contributed by atoms with Crippen LogP contribution in [0.4, 0.5) is 5.69 Å². The zero-order chi connectivity index (χ0) is 22.7. The quantitative estimate of drug-likeness (QED) is 0.545. The van der Waals surface area contributed by atoms with Crippen LogP contribution in [0.1, 0.15) is 39.0 Å². The van der Waals surface area contributed by atoms with Gasteiger partial charge >= 0.3 is 0 Å². The minimum absolute atomic E-state index is 0.0433. The van der Waals surface area contributed by atoms with Crippen LogP contribution < -0.4 is 10.1 Å². The van der Waals surface area contributed by atoms with Crippen molar-refractivity contribution in [2.24, 2.45) is 0 Å². The number of carbonyl (C=O) groups excluding carboxylic acids is 1. The highest BCUT2D eigenvalue weighted by atomic mass is 16.6. The molecule has 3 heterocycles. The first-order valence-electron chi connectivity index (χ1n) is 10.5. The van der Waals surface area contributed by atoms with Crippen LogP contribution in [-0.4, -0.2) is 60.5 Å². The Morgan fingerprint density at radius 1 is 1.31 bits per heavy atom. The van der Waals surface area contributed by atoms with Crippen LogP contribution >= 0.6 is 0 Å². The summed E-state index contributed by atoms with van der Waals surface area (Å²) >= 11 is 0. The molecule has 0 bridgehead atoms. The summed E-state index contributed by atoms with van der Waals surface area (Å²) in [6, 6.07) is 9.30. The van der Waals surface area contributed by atoms with Gasteiger partial charge in [-0.2, -0.15) is 4.68 Å². The molecule has 1 unspecified atom stereocenters. The van der Waals surface area contributed by atoms with E-state index in [-0.39, 0.29) is 24.3 Å². The molecule has 168 valence electrons. The molecular weight excluding hydrogens is 414 g/mol. The van der Waals surface area contributed by atoms with E-state index in [4.69, 9.17) is 9.47 Å². The lowest BCUT2D eigenvalue weighted by atomic mass is 9.87. The van der Waals surface area contributed by atoms with E-state index in [2.05, 4.69) is 41.4 Å². The number of hydrogen-bond donors (Lipinski definition) is 3. The third-order valence-electron chi connectivity index (χ3n) is 5.99. The number of benzene rings is 1. The van der Waals surface area contributed by atoms with Gasteiger partial charge in [0.05, 0.1) is 5.69 Å². The van der Waals surface area contributed by atoms with Gasteiger partial charge in [0.2, 0.25) is 0 Å². The molecule has 10 heteroatoms. The van der Waals surface area contributed by atoms with Crippen molar-refractivity contribution in [1.82, 2.24) is 20.0 Å². The molecule has 4 atom stereocenters. The van der Waals surface area contributed by atoms with Crippen LogP contribution in [0.15, 0.2) is 36.5 Å². The number of anilines is 1. The van der Waals surface area contributed by atoms with E-state index in [9.17, 15) is 15.0 Å². The predicted molar refractivity (Wildman–Crippen MR) is 114 cm³/mol. The van der Waals surface area contributed by atoms with Gasteiger partial charge in [0.1, 0.15) is 23.6 Å². The number of rotatable bonds is 5. The third kappa shape index (κ3) is 3.50. The van der Waals surface area contributed by atoms with Gasteiger partial charge in [-0.25, -0.2) is 4.98 Å². The number of nitrogens with zero attached hydrogens (tertiary/aromatic N) is 4. The van der Waals surface area contributed by atoms with E-state index < -0.39 is 24.0 Å². The van der Waals surface area contributed by atoms with E-state index in [1.54, 1.807) is 6.07 Å². The molecule has 1 aromatic carbocycles. The Morgan fingerprint density at radius 2 is 2.06 bits per heavy atom. The highest BCUT2D eigenvalue weighted by molar-refractivity contribution is 5.98. The molecule has 5 rings (SSSR count). The number of fused-ring (bicyclic) bond motifs is 2. The van der Waals surface area contributed by atoms with Gasteiger partial charge in [0, 0.05) is 12.6 Å². The van der Waals surface area contributed by atoms with Crippen LogP contribution in [0.2, 0.25) is 0 Å². The molecule has 2 aromatic heterocycles. The molecule has 0 spiro atoms. The number of nitrogens with one attached hydrogen (secondary N) is 1. The topological polar surface area (TPSA) is 132 Å². The molecule has 1 amide bonds. The molecule has 10 nitrogen and oxygen atoms in total. The van der Waals surface area contributed by atoms with Gasteiger partial charge in [0.15, 0.2) is 24.0 Å². The van der Waals surface area contributed by atoms with Gasteiger partial charge in [0.25, 0.3) is 5.91 Å². The summed E-state index contributed by atoms with van der Waals surface area (Å²) in [5.41, 5.74) is 1.23. The Morgan fingerprint density at radius 3 is 2.72 bits per heavy atom. The molecule has 1 aliphatic carbocycles. The summed E-state index contributed by atoms with van der Waals surface area (Å²) in [6.07, 6.45) is -0.359. The maximum atomic E-state index is 12.4.